The van der Waals surface area contributed by atoms with Crippen molar-refractivity contribution in [2.75, 3.05) is 19.4 Å². The number of likely N-dealkylation sites (N-methyl/N-ethyl adjacent to an activating group) is 1. The van der Waals surface area contributed by atoms with Crippen molar-refractivity contribution in [3.05, 3.63) is 34.2 Å². The number of fused-ring (bicyclic) bond motifs is 3. The van der Waals surface area contributed by atoms with E-state index in [0.717, 1.165) is 0 Å². The van der Waals surface area contributed by atoms with E-state index in [2.05, 4.69) is 10.3 Å². The predicted octanol–water partition coefficient (Wildman–Crippen LogP) is -0.683. The number of pyridine rings is 1. The highest BCUT2D eigenvalue weighted by atomic mass is 16.3. The molecule has 12 nitrogen and oxygen atoms in total. The molecule has 3 aliphatic carbocycles. The summed E-state index contributed by atoms with van der Waals surface area (Å²) in [7, 11) is 3.05. The lowest BCUT2D eigenvalue weighted by Gasteiger charge is -2.50. The van der Waals surface area contributed by atoms with Crippen LogP contribution in [-0.4, -0.2) is 79.4 Å². The molecule has 180 valence electrons. The third-order valence-corrected chi connectivity index (χ3v) is 6.76. The fourth-order valence-electron chi connectivity index (χ4n) is 5.37. The number of ketones is 2. The predicted molar refractivity (Wildman–Crippen MR) is 116 cm³/mol. The molecule has 0 aliphatic heterocycles. The second-order valence-electron chi connectivity index (χ2n) is 9.00. The van der Waals surface area contributed by atoms with E-state index in [1.165, 1.54) is 32.1 Å². The van der Waals surface area contributed by atoms with Crippen LogP contribution < -0.4 is 11.1 Å². The molecule has 7 N–H and O–H groups in total. The number of rotatable bonds is 3. The Bertz CT molecular complexity index is 1230. The summed E-state index contributed by atoms with van der Waals surface area (Å²) in [5, 5.41) is 46.3. The number of carbonyl (C=O) groups excluding carboxylic acids is 4. The lowest BCUT2D eigenvalue weighted by Crippen LogP contribution is -2.65. The molecule has 1 fully saturated rings. The van der Waals surface area contributed by atoms with Crippen LogP contribution in [0.5, 0.6) is 5.75 Å². The minimum atomic E-state index is -2.70. The monoisotopic (exact) mass is 472 g/mol. The number of Topliss-reactive ketones (excluding diaryl/α,β-unsaturated/α-hetero) is 2. The molecule has 1 saturated carbocycles. The zero-order chi connectivity index (χ0) is 25.3. The number of aromatic nitrogens is 1. The van der Waals surface area contributed by atoms with E-state index >= 15 is 0 Å². The number of anilines is 1. The van der Waals surface area contributed by atoms with Gasteiger partial charge in [-0.2, -0.15) is 0 Å². The van der Waals surface area contributed by atoms with Crippen LogP contribution in [0, 0.1) is 11.8 Å². The number of primary amides is 1. The fourth-order valence-corrected chi connectivity index (χ4v) is 5.37. The Hall–Kier alpha value is -3.77. The maximum Gasteiger partial charge on any atom is 0.255 e. The zero-order valence-corrected chi connectivity index (χ0v) is 18.6. The summed E-state index contributed by atoms with van der Waals surface area (Å²) >= 11 is 0. The van der Waals surface area contributed by atoms with Crippen LogP contribution in [0.15, 0.2) is 23.1 Å². The molecule has 0 unspecified atom stereocenters. The Morgan fingerprint density at radius 2 is 1.88 bits per heavy atom. The van der Waals surface area contributed by atoms with Crippen molar-refractivity contribution in [1.29, 1.82) is 0 Å². The van der Waals surface area contributed by atoms with Crippen LogP contribution in [0.1, 0.15) is 24.5 Å². The maximum absolute atomic E-state index is 13.7. The summed E-state index contributed by atoms with van der Waals surface area (Å²) in [6.07, 6.45) is 1.45. The third kappa shape index (κ3) is 3.02. The first kappa shape index (κ1) is 23.4. The van der Waals surface area contributed by atoms with Crippen LogP contribution in [0.3, 0.4) is 0 Å². The van der Waals surface area contributed by atoms with Gasteiger partial charge in [-0.1, -0.05) is 0 Å². The zero-order valence-electron chi connectivity index (χ0n) is 18.6. The lowest BCUT2D eigenvalue weighted by molar-refractivity contribution is -0.153. The van der Waals surface area contributed by atoms with Gasteiger partial charge in [0.2, 0.25) is 11.7 Å². The van der Waals surface area contributed by atoms with Gasteiger partial charge < -0.3 is 31.5 Å². The van der Waals surface area contributed by atoms with Gasteiger partial charge in [0.15, 0.2) is 23.0 Å². The Morgan fingerprint density at radius 1 is 1.24 bits per heavy atom. The largest absolute Gasteiger partial charge is 0.508 e. The maximum atomic E-state index is 13.7. The lowest BCUT2D eigenvalue weighted by atomic mass is 9.57. The van der Waals surface area contributed by atoms with Crippen LogP contribution in [0.25, 0.3) is 5.76 Å². The number of carbonyl (C=O) groups is 4. The average Bonchev–Trinajstić information content (AvgIpc) is 2.72. The highest BCUT2D eigenvalue weighted by Gasteiger charge is 2.64. The van der Waals surface area contributed by atoms with Crippen molar-refractivity contribution in [2.45, 2.75) is 31.4 Å². The van der Waals surface area contributed by atoms with Crippen LogP contribution in [0.2, 0.25) is 0 Å². The molecule has 4 atom stereocenters. The molecular weight excluding hydrogens is 448 g/mol. The highest BCUT2D eigenvalue weighted by Crippen LogP contribution is 2.52. The number of aliphatic hydroxyl groups is 3. The van der Waals surface area contributed by atoms with Crippen LogP contribution in [-0.2, 0) is 25.6 Å². The van der Waals surface area contributed by atoms with Crippen molar-refractivity contribution >= 4 is 35.0 Å². The van der Waals surface area contributed by atoms with Crippen molar-refractivity contribution in [2.24, 2.45) is 17.6 Å². The van der Waals surface area contributed by atoms with E-state index < -0.39 is 69.7 Å². The van der Waals surface area contributed by atoms with E-state index in [1.807, 2.05) is 0 Å². The Labute approximate surface area is 193 Å². The minimum Gasteiger partial charge on any atom is -0.508 e. The summed E-state index contributed by atoms with van der Waals surface area (Å²) in [5.41, 5.74) is 1.67. The van der Waals surface area contributed by atoms with Gasteiger partial charge in [-0.25, -0.2) is 4.98 Å². The van der Waals surface area contributed by atoms with Crippen LogP contribution >= 0.6 is 0 Å². The van der Waals surface area contributed by atoms with Crippen molar-refractivity contribution in [1.82, 2.24) is 9.88 Å². The van der Waals surface area contributed by atoms with E-state index in [4.69, 9.17) is 5.73 Å². The van der Waals surface area contributed by atoms with Gasteiger partial charge in [0.1, 0.15) is 17.1 Å². The molecule has 0 spiro atoms. The summed E-state index contributed by atoms with van der Waals surface area (Å²) in [5.74, 6) is -8.18. The first-order valence-electron chi connectivity index (χ1n) is 10.5. The fraction of sp³-hybridized carbons (Fsp3) is 0.409. The second-order valence-corrected chi connectivity index (χ2v) is 9.00. The average molecular weight is 472 g/mol. The van der Waals surface area contributed by atoms with Crippen molar-refractivity contribution in [3.8, 4) is 5.75 Å². The smallest absolute Gasteiger partial charge is 0.255 e. The molecular formula is C22H24N4O8. The van der Waals surface area contributed by atoms with Gasteiger partial charge in [0.05, 0.1) is 11.6 Å². The molecule has 2 amide bonds. The molecule has 1 aromatic heterocycles. The summed E-state index contributed by atoms with van der Waals surface area (Å²) < 4.78 is 0. The molecule has 1 aromatic rings. The molecule has 0 radical (unpaired) electrons. The number of hydrogen-bond acceptors (Lipinski definition) is 10. The van der Waals surface area contributed by atoms with Gasteiger partial charge in [-0.05, 0) is 38.4 Å². The molecule has 0 saturated heterocycles. The number of hydrogen-bond donors (Lipinski definition) is 6. The van der Waals surface area contributed by atoms with E-state index in [9.17, 15) is 39.6 Å². The minimum absolute atomic E-state index is 0.0139. The Morgan fingerprint density at radius 3 is 2.44 bits per heavy atom. The Kier molecular flexibility index (Phi) is 5.25. The summed E-state index contributed by atoms with van der Waals surface area (Å²) in [4.78, 5) is 55.4. The van der Waals surface area contributed by atoms with Gasteiger partial charge in [-0.15, -0.1) is 0 Å². The third-order valence-electron chi connectivity index (χ3n) is 6.76. The molecule has 34 heavy (non-hydrogen) atoms. The standard InChI is InChI=1S/C22H24N4O8/c1-7(27)25-21-17(30)11-9(6-24-21)4-8-5-10-14(26(2)3)16(29)13(20(23)33)19(32)22(10,34)18(31)12(8)15(11)28/h6,8,10,14,28,30,32,34H,4-5H2,1-3H3,(H2,23,33)(H,24,25,27)/t8-,10-,14-,22-/m0/s1. The molecule has 4 rings (SSSR count). The molecule has 12 heteroatoms. The highest BCUT2D eigenvalue weighted by molar-refractivity contribution is 6.24. The number of amides is 2. The van der Waals surface area contributed by atoms with Crippen molar-refractivity contribution in [3.63, 3.8) is 0 Å². The summed E-state index contributed by atoms with van der Waals surface area (Å²) in [6.45, 7) is 1.20. The molecule has 0 aromatic carbocycles. The molecule has 0 bridgehead atoms. The quantitative estimate of drug-likeness (QED) is 0.306. The first-order valence-corrected chi connectivity index (χ1v) is 10.5. The van der Waals surface area contributed by atoms with Gasteiger partial charge in [-0.3, -0.25) is 24.1 Å². The Balaban J connectivity index is 1.94. The van der Waals surface area contributed by atoms with E-state index in [-0.39, 0.29) is 29.8 Å². The van der Waals surface area contributed by atoms with Gasteiger partial charge in [0, 0.05) is 24.6 Å². The first-order chi connectivity index (χ1) is 15.8. The summed E-state index contributed by atoms with van der Waals surface area (Å²) in [6, 6.07) is -1.15. The SMILES string of the molecule is CC(=O)Nc1ncc2c(c1O)C(O)=C1C(=O)[C@]3(O)C(O)=C(C(N)=O)C(=O)[C@@H](N(C)C)[C@@H]3C[C@@H]1C2. The topological polar surface area (TPSA) is 203 Å². The second kappa shape index (κ2) is 7.64. The normalized spacial score (nSPS) is 28.4. The van der Waals surface area contributed by atoms with Gasteiger partial charge in [0.25, 0.3) is 5.91 Å². The number of aliphatic hydroxyl groups excluding tert-OH is 2. The van der Waals surface area contributed by atoms with Crippen molar-refractivity contribution < 1.29 is 39.6 Å². The number of nitrogens with two attached hydrogens (primary N) is 1. The molecule has 3 aliphatic rings. The van der Waals surface area contributed by atoms with E-state index in [0.29, 0.717) is 5.56 Å². The van der Waals surface area contributed by atoms with E-state index in [1.54, 1.807) is 0 Å². The molecule has 1 heterocycles. The van der Waals surface area contributed by atoms with Crippen LogP contribution in [0.4, 0.5) is 5.82 Å². The van der Waals surface area contributed by atoms with Gasteiger partial charge >= 0.3 is 0 Å². The number of nitrogens with one attached hydrogen (secondary N) is 1. The number of nitrogens with zero attached hydrogens (tertiary/aromatic N) is 2. The number of aromatic hydroxyl groups is 1.